The van der Waals surface area contributed by atoms with Gasteiger partial charge in [0, 0.05) is 23.0 Å². The summed E-state index contributed by atoms with van der Waals surface area (Å²) >= 11 is 1.87. The first-order valence-electron chi connectivity index (χ1n) is 8.31. The van der Waals surface area contributed by atoms with E-state index in [1.54, 1.807) is 14.2 Å². The summed E-state index contributed by atoms with van der Waals surface area (Å²) in [4.78, 5) is 4.09. The zero-order valence-corrected chi connectivity index (χ0v) is 14.8. The normalized spacial score (nSPS) is 19.3. The quantitative estimate of drug-likeness (QED) is 0.779. The van der Waals surface area contributed by atoms with Crippen molar-refractivity contribution in [2.75, 3.05) is 20.8 Å². The van der Waals surface area contributed by atoms with Gasteiger partial charge in [0.1, 0.15) is 0 Å². The lowest BCUT2D eigenvalue weighted by molar-refractivity contribution is 0.192. The van der Waals surface area contributed by atoms with Gasteiger partial charge in [-0.05, 0) is 36.9 Å². The van der Waals surface area contributed by atoms with Gasteiger partial charge in [0.25, 0.3) is 0 Å². The fourth-order valence-electron chi connectivity index (χ4n) is 3.46. The molecule has 124 valence electrons. The molecule has 4 heteroatoms. The highest BCUT2D eigenvalue weighted by Crippen LogP contribution is 2.37. The number of thiophene rings is 1. The molecule has 3 nitrogen and oxygen atoms in total. The van der Waals surface area contributed by atoms with E-state index in [1.807, 2.05) is 17.4 Å². The molecular formula is C19H25NO2S. The lowest BCUT2D eigenvalue weighted by Crippen LogP contribution is -2.27. The van der Waals surface area contributed by atoms with Gasteiger partial charge in [-0.1, -0.05) is 31.0 Å². The van der Waals surface area contributed by atoms with Crippen molar-refractivity contribution in [3.63, 3.8) is 0 Å². The molecule has 0 unspecified atom stereocenters. The zero-order valence-electron chi connectivity index (χ0n) is 14.0. The molecule has 0 saturated carbocycles. The Morgan fingerprint density at radius 3 is 2.74 bits per heavy atom. The Hall–Kier alpha value is -1.52. The summed E-state index contributed by atoms with van der Waals surface area (Å²) in [5.74, 6) is 1.68. The van der Waals surface area contributed by atoms with Crippen LogP contribution in [0.3, 0.4) is 0 Å². The van der Waals surface area contributed by atoms with Gasteiger partial charge in [0.15, 0.2) is 11.5 Å². The fraction of sp³-hybridized carbons (Fsp3) is 0.474. The molecule has 2 aromatic rings. The van der Waals surface area contributed by atoms with E-state index < -0.39 is 0 Å². The monoisotopic (exact) mass is 331 g/mol. The Balaban J connectivity index is 1.87. The second-order valence-electron chi connectivity index (χ2n) is 6.00. The van der Waals surface area contributed by atoms with E-state index >= 15 is 0 Å². The van der Waals surface area contributed by atoms with Gasteiger partial charge < -0.3 is 9.47 Å². The van der Waals surface area contributed by atoms with Crippen LogP contribution in [0.15, 0.2) is 35.7 Å². The number of rotatable bonds is 5. The van der Waals surface area contributed by atoms with Crippen LogP contribution in [0, 0.1) is 0 Å². The molecule has 1 aromatic carbocycles. The first kappa shape index (κ1) is 16.3. The summed E-state index contributed by atoms with van der Waals surface area (Å²) in [7, 11) is 3.42. The summed E-state index contributed by atoms with van der Waals surface area (Å²) in [6.07, 6.45) is 5.16. The largest absolute Gasteiger partial charge is 0.493 e. The average molecular weight is 331 g/mol. The number of hydrogen-bond donors (Lipinski definition) is 0. The minimum Gasteiger partial charge on any atom is -0.493 e. The van der Waals surface area contributed by atoms with Crippen molar-refractivity contribution in [2.45, 2.75) is 38.3 Å². The maximum atomic E-state index is 5.62. The Morgan fingerprint density at radius 2 is 2.00 bits per heavy atom. The first-order valence-corrected chi connectivity index (χ1v) is 9.18. The lowest BCUT2D eigenvalue weighted by Gasteiger charge is -2.30. The van der Waals surface area contributed by atoms with Crippen molar-refractivity contribution in [1.82, 2.24) is 4.90 Å². The number of nitrogens with zero attached hydrogens (tertiary/aromatic N) is 1. The maximum Gasteiger partial charge on any atom is 0.165 e. The topological polar surface area (TPSA) is 21.7 Å². The molecule has 23 heavy (non-hydrogen) atoms. The third kappa shape index (κ3) is 3.70. The van der Waals surface area contributed by atoms with Gasteiger partial charge >= 0.3 is 0 Å². The van der Waals surface area contributed by atoms with Gasteiger partial charge in [0.05, 0.1) is 14.2 Å². The van der Waals surface area contributed by atoms with Crippen molar-refractivity contribution < 1.29 is 9.47 Å². The van der Waals surface area contributed by atoms with Crippen LogP contribution < -0.4 is 9.47 Å². The van der Waals surface area contributed by atoms with Crippen molar-refractivity contribution in [2.24, 2.45) is 0 Å². The SMILES string of the molecule is COc1cccc(CN2CCCCC[C@H]2c2cccs2)c1OC. The minimum atomic E-state index is 0.522. The van der Waals surface area contributed by atoms with Gasteiger partial charge in [-0.15, -0.1) is 11.3 Å². The van der Waals surface area contributed by atoms with Crippen LogP contribution in [0.2, 0.25) is 0 Å². The number of ether oxygens (including phenoxy) is 2. The van der Waals surface area contributed by atoms with E-state index in [1.165, 1.54) is 36.1 Å². The minimum absolute atomic E-state index is 0.522. The Bertz CT molecular complexity index is 612. The Labute approximate surface area is 142 Å². The predicted octanol–water partition coefficient (Wildman–Crippen LogP) is 4.88. The summed E-state index contributed by atoms with van der Waals surface area (Å²) < 4.78 is 11.1. The molecule has 0 radical (unpaired) electrons. The molecule has 3 rings (SSSR count). The first-order chi connectivity index (χ1) is 11.3. The maximum absolute atomic E-state index is 5.62. The number of methoxy groups -OCH3 is 2. The molecule has 1 aliphatic rings. The summed E-state index contributed by atoms with van der Waals surface area (Å²) in [6, 6.07) is 11.1. The lowest BCUT2D eigenvalue weighted by atomic mass is 10.1. The molecular weight excluding hydrogens is 306 g/mol. The smallest absolute Gasteiger partial charge is 0.165 e. The fourth-order valence-corrected chi connectivity index (χ4v) is 4.35. The van der Waals surface area contributed by atoms with Crippen LogP contribution in [-0.4, -0.2) is 25.7 Å². The van der Waals surface area contributed by atoms with Gasteiger partial charge in [-0.25, -0.2) is 0 Å². The van der Waals surface area contributed by atoms with E-state index in [-0.39, 0.29) is 0 Å². The average Bonchev–Trinajstić information content (AvgIpc) is 3.02. The Morgan fingerprint density at radius 1 is 1.09 bits per heavy atom. The van der Waals surface area contributed by atoms with Gasteiger partial charge in [-0.3, -0.25) is 4.90 Å². The summed E-state index contributed by atoms with van der Waals surface area (Å²) in [5, 5.41) is 2.19. The van der Waals surface area contributed by atoms with Crippen LogP contribution in [-0.2, 0) is 6.54 Å². The second kappa shape index (κ2) is 7.84. The molecule has 0 N–H and O–H groups in total. The highest BCUT2D eigenvalue weighted by Gasteiger charge is 2.24. The number of hydrogen-bond acceptors (Lipinski definition) is 4. The molecule has 1 atom stereocenters. The zero-order chi connectivity index (χ0) is 16.1. The molecule has 1 aromatic heterocycles. The van der Waals surface area contributed by atoms with E-state index in [0.29, 0.717) is 6.04 Å². The van der Waals surface area contributed by atoms with Crippen LogP contribution in [0.4, 0.5) is 0 Å². The highest BCUT2D eigenvalue weighted by atomic mass is 32.1. The highest BCUT2D eigenvalue weighted by molar-refractivity contribution is 7.10. The van der Waals surface area contributed by atoms with Crippen molar-refractivity contribution in [1.29, 1.82) is 0 Å². The summed E-state index contributed by atoms with van der Waals surface area (Å²) in [6.45, 7) is 2.05. The number of likely N-dealkylation sites (tertiary alicyclic amines) is 1. The van der Waals surface area contributed by atoms with Crippen molar-refractivity contribution >= 4 is 11.3 Å². The number of para-hydroxylation sites is 1. The van der Waals surface area contributed by atoms with E-state index in [4.69, 9.17) is 9.47 Å². The van der Waals surface area contributed by atoms with Crippen LogP contribution in [0.25, 0.3) is 0 Å². The molecule has 0 aliphatic carbocycles. The Kier molecular flexibility index (Phi) is 5.57. The van der Waals surface area contributed by atoms with E-state index in [0.717, 1.165) is 24.6 Å². The van der Waals surface area contributed by atoms with Gasteiger partial charge in [-0.2, -0.15) is 0 Å². The van der Waals surface area contributed by atoms with E-state index in [9.17, 15) is 0 Å². The molecule has 1 saturated heterocycles. The second-order valence-corrected chi connectivity index (χ2v) is 6.98. The predicted molar refractivity (Wildman–Crippen MR) is 95.5 cm³/mol. The van der Waals surface area contributed by atoms with Crippen molar-refractivity contribution in [3.05, 3.63) is 46.2 Å². The standard InChI is InChI=1S/C19H25NO2S/c1-21-17-10-6-8-15(19(17)22-2)14-20-12-5-3-4-9-16(20)18-11-7-13-23-18/h6-8,10-11,13,16H,3-5,9,12,14H2,1-2H3/t16-/m0/s1. The molecule has 0 amide bonds. The molecule has 1 fully saturated rings. The third-order valence-corrected chi connectivity index (χ3v) is 5.57. The van der Waals surface area contributed by atoms with E-state index in [2.05, 4.69) is 34.5 Å². The van der Waals surface area contributed by atoms with Gasteiger partial charge in [0.2, 0.25) is 0 Å². The number of benzene rings is 1. The molecule has 2 heterocycles. The molecule has 0 bridgehead atoms. The van der Waals surface area contributed by atoms with Crippen LogP contribution >= 0.6 is 11.3 Å². The molecule has 1 aliphatic heterocycles. The summed E-state index contributed by atoms with van der Waals surface area (Å²) in [5.41, 5.74) is 1.20. The van der Waals surface area contributed by atoms with Crippen LogP contribution in [0.1, 0.15) is 42.2 Å². The van der Waals surface area contributed by atoms with Crippen LogP contribution in [0.5, 0.6) is 11.5 Å². The third-order valence-electron chi connectivity index (χ3n) is 4.59. The van der Waals surface area contributed by atoms with Crippen molar-refractivity contribution in [3.8, 4) is 11.5 Å². The molecule has 0 spiro atoms.